The first kappa shape index (κ1) is 24.4. The topological polar surface area (TPSA) is 59.0 Å². The maximum Gasteiger partial charge on any atom is 0.416 e. The molecule has 0 unspecified atom stereocenters. The van der Waals surface area contributed by atoms with Gasteiger partial charge in [0.15, 0.2) is 0 Å². The van der Waals surface area contributed by atoms with Crippen LogP contribution in [0.25, 0.3) is 0 Å². The Bertz CT molecular complexity index is 1010. The number of likely N-dealkylation sites (tertiary alicyclic amines) is 1. The Hall–Kier alpha value is -2.74. The van der Waals surface area contributed by atoms with Crippen LogP contribution >= 0.6 is 0 Å². The number of benzene rings is 2. The molecule has 1 saturated carbocycles. The van der Waals surface area contributed by atoms with Crippen molar-refractivity contribution in [2.24, 2.45) is 5.92 Å². The molecule has 1 N–H and O–H groups in total. The van der Waals surface area contributed by atoms with E-state index in [1.54, 1.807) is 19.2 Å². The average Bonchev–Trinajstić information content (AvgIpc) is 2.79. The Morgan fingerprint density at radius 1 is 1.09 bits per heavy atom. The van der Waals surface area contributed by atoms with Gasteiger partial charge in [-0.15, -0.1) is 0 Å². The van der Waals surface area contributed by atoms with Gasteiger partial charge in [-0.2, -0.15) is 13.2 Å². The number of methoxy groups -OCH3 is 1. The second-order valence-corrected chi connectivity index (χ2v) is 9.25. The highest BCUT2D eigenvalue weighted by atomic mass is 19.4. The molecule has 2 aliphatic rings. The van der Waals surface area contributed by atoms with Gasteiger partial charge in [0.1, 0.15) is 18.1 Å². The predicted octanol–water partition coefficient (Wildman–Crippen LogP) is 5.86. The molecule has 5 nitrogen and oxygen atoms in total. The van der Waals surface area contributed by atoms with Gasteiger partial charge in [-0.25, -0.2) is 0 Å². The van der Waals surface area contributed by atoms with E-state index in [1.165, 1.54) is 0 Å². The Balaban J connectivity index is 1.43. The lowest BCUT2D eigenvalue weighted by molar-refractivity contribution is -0.147. The van der Waals surface area contributed by atoms with E-state index < -0.39 is 17.7 Å². The van der Waals surface area contributed by atoms with Crippen LogP contribution in [0.3, 0.4) is 0 Å². The van der Waals surface area contributed by atoms with Crippen LogP contribution in [0, 0.1) is 5.92 Å². The second kappa shape index (κ2) is 10.3. The SMILES string of the molecule is COc1cc(COc2ccc(C3CCCCC3)c(C(F)(F)F)c2)ccc1CN1CC(C(=O)O)C1. The third kappa shape index (κ3) is 5.66. The molecule has 0 bridgehead atoms. The highest BCUT2D eigenvalue weighted by Gasteiger charge is 2.36. The number of rotatable bonds is 8. The zero-order valence-electron chi connectivity index (χ0n) is 19.2. The first-order valence-corrected chi connectivity index (χ1v) is 11.7. The monoisotopic (exact) mass is 477 g/mol. The van der Waals surface area contributed by atoms with Crippen LogP contribution in [0.4, 0.5) is 13.2 Å². The summed E-state index contributed by atoms with van der Waals surface area (Å²) in [6.45, 7) is 1.69. The molecule has 34 heavy (non-hydrogen) atoms. The summed E-state index contributed by atoms with van der Waals surface area (Å²) < 4.78 is 52.6. The number of carbonyl (C=O) groups is 1. The van der Waals surface area contributed by atoms with E-state index in [4.69, 9.17) is 14.6 Å². The number of carboxylic acid groups (broad SMARTS) is 1. The van der Waals surface area contributed by atoms with E-state index in [1.807, 2.05) is 23.1 Å². The molecule has 2 aromatic rings. The lowest BCUT2D eigenvalue weighted by Gasteiger charge is -2.36. The van der Waals surface area contributed by atoms with Crippen molar-refractivity contribution < 1.29 is 32.5 Å². The molecule has 1 saturated heterocycles. The highest BCUT2D eigenvalue weighted by Crippen LogP contribution is 2.42. The normalized spacial score (nSPS) is 17.9. The number of hydrogen-bond donors (Lipinski definition) is 1. The predicted molar refractivity (Wildman–Crippen MR) is 121 cm³/mol. The van der Waals surface area contributed by atoms with Crippen molar-refractivity contribution in [1.29, 1.82) is 0 Å². The smallest absolute Gasteiger partial charge is 0.416 e. The molecule has 0 atom stereocenters. The summed E-state index contributed by atoms with van der Waals surface area (Å²) in [7, 11) is 1.55. The number of aliphatic carboxylic acids is 1. The summed E-state index contributed by atoms with van der Waals surface area (Å²) in [5.74, 6) is -0.326. The Labute approximate surface area is 197 Å². The molecule has 184 valence electrons. The Morgan fingerprint density at radius 3 is 2.47 bits per heavy atom. The van der Waals surface area contributed by atoms with E-state index in [9.17, 15) is 18.0 Å². The maximum atomic E-state index is 13.8. The van der Waals surface area contributed by atoms with Gasteiger partial charge < -0.3 is 14.6 Å². The number of nitrogens with zero attached hydrogens (tertiary/aromatic N) is 1. The molecule has 0 amide bonds. The van der Waals surface area contributed by atoms with Crippen molar-refractivity contribution in [2.75, 3.05) is 20.2 Å². The molecule has 1 aliphatic carbocycles. The van der Waals surface area contributed by atoms with Crippen LogP contribution < -0.4 is 9.47 Å². The summed E-state index contributed by atoms with van der Waals surface area (Å²) in [5.41, 5.74) is 1.48. The van der Waals surface area contributed by atoms with Crippen LogP contribution in [-0.2, 0) is 24.1 Å². The molecule has 0 radical (unpaired) electrons. The summed E-state index contributed by atoms with van der Waals surface area (Å²) >= 11 is 0. The van der Waals surface area contributed by atoms with Crippen molar-refractivity contribution >= 4 is 5.97 Å². The van der Waals surface area contributed by atoms with Crippen LogP contribution in [-0.4, -0.2) is 36.2 Å². The summed E-state index contributed by atoms with van der Waals surface area (Å²) in [6, 6.07) is 9.89. The fraction of sp³-hybridized carbons (Fsp3) is 0.500. The minimum atomic E-state index is -4.42. The zero-order chi connectivity index (χ0) is 24.3. The van der Waals surface area contributed by atoms with Crippen molar-refractivity contribution in [3.05, 3.63) is 58.7 Å². The quantitative estimate of drug-likeness (QED) is 0.516. The number of carboxylic acids is 1. The first-order valence-electron chi connectivity index (χ1n) is 11.7. The molecule has 8 heteroatoms. The van der Waals surface area contributed by atoms with Crippen molar-refractivity contribution in [3.8, 4) is 11.5 Å². The van der Waals surface area contributed by atoms with Crippen LogP contribution in [0.5, 0.6) is 11.5 Å². The first-order chi connectivity index (χ1) is 16.2. The lowest BCUT2D eigenvalue weighted by atomic mass is 9.82. The van der Waals surface area contributed by atoms with Gasteiger partial charge in [0.2, 0.25) is 0 Å². The van der Waals surface area contributed by atoms with Gasteiger partial charge >= 0.3 is 12.1 Å². The molecule has 2 fully saturated rings. The molecule has 0 spiro atoms. The second-order valence-electron chi connectivity index (χ2n) is 9.25. The summed E-state index contributed by atoms with van der Waals surface area (Å²) in [4.78, 5) is 13.0. The van der Waals surface area contributed by atoms with E-state index >= 15 is 0 Å². The zero-order valence-corrected chi connectivity index (χ0v) is 19.2. The maximum absolute atomic E-state index is 13.8. The van der Waals surface area contributed by atoms with Gasteiger partial charge in [0, 0.05) is 25.2 Å². The van der Waals surface area contributed by atoms with Gasteiger partial charge in [-0.3, -0.25) is 9.69 Å². The van der Waals surface area contributed by atoms with Crippen molar-refractivity contribution in [2.45, 2.75) is 57.3 Å². The van der Waals surface area contributed by atoms with Gasteiger partial charge in [0.25, 0.3) is 0 Å². The van der Waals surface area contributed by atoms with E-state index in [0.717, 1.165) is 49.3 Å². The third-order valence-corrected chi connectivity index (χ3v) is 6.83. The standard InChI is InChI=1S/C26H30F3NO4/c1-33-24-11-17(7-8-19(24)13-30-14-20(15-30)25(31)32)16-34-21-9-10-22(18-5-3-2-4-6-18)23(12-21)26(27,28)29/h7-12,18,20H,2-6,13-16H2,1H3,(H,31,32). The minimum absolute atomic E-state index is 0.0478. The summed E-state index contributed by atoms with van der Waals surface area (Å²) in [6.07, 6.45) is 0.190. The van der Waals surface area contributed by atoms with Crippen LogP contribution in [0.15, 0.2) is 36.4 Å². The fourth-order valence-corrected chi connectivity index (χ4v) is 4.91. The van der Waals surface area contributed by atoms with E-state index in [2.05, 4.69) is 0 Å². The molecule has 0 aromatic heterocycles. The van der Waals surface area contributed by atoms with Gasteiger partial charge in [-0.05, 0) is 48.1 Å². The lowest BCUT2D eigenvalue weighted by Crippen LogP contribution is -2.49. The highest BCUT2D eigenvalue weighted by molar-refractivity contribution is 5.71. The van der Waals surface area contributed by atoms with Crippen LogP contribution in [0.1, 0.15) is 60.3 Å². The Kier molecular flexibility index (Phi) is 7.36. The number of halogens is 3. The molecule has 4 rings (SSSR count). The van der Waals surface area contributed by atoms with Gasteiger partial charge in [-0.1, -0.05) is 37.5 Å². The van der Waals surface area contributed by atoms with Crippen molar-refractivity contribution in [1.82, 2.24) is 4.90 Å². The molecular formula is C26H30F3NO4. The number of ether oxygens (including phenoxy) is 2. The minimum Gasteiger partial charge on any atom is -0.496 e. The largest absolute Gasteiger partial charge is 0.496 e. The molecule has 1 heterocycles. The molecular weight excluding hydrogens is 447 g/mol. The van der Waals surface area contributed by atoms with E-state index in [0.29, 0.717) is 30.9 Å². The molecule has 1 aliphatic heterocycles. The Morgan fingerprint density at radius 2 is 1.82 bits per heavy atom. The summed E-state index contributed by atoms with van der Waals surface area (Å²) in [5, 5.41) is 9.02. The third-order valence-electron chi connectivity index (χ3n) is 6.83. The van der Waals surface area contributed by atoms with Crippen molar-refractivity contribution in [3.63, 3.8) is 0 Å². The van der Waals surface area contributed by atoms with E-state index in [-0.39, 0.29) is 24.2 Å². The fourth-order valence-electron chi connectivity index (χ4n) is 4.91. The number of hydrogen-bond acceptors (Lipinski definition) is 4. The number of alkyl halides is 3. The average molecular weight is 478 g/mol. The molecule has 2 aromatic carbocycles. The van der Waals surface area contributed by atoms with Crippen LogP contribution in [0.2, 0.25) is 0 Å². The van der Waals surface area contributed by atoms with Gasteiger partial charge in [0.05, 0.1) is 18.6 Å².